The molecular formula is C26H27N3O3S. The Balaban J connectivity index is 1.57. The fraction of sp³-hybridized carbons (Fsp3) is 0.192. The van der Waals surface area contributed by atoms with Gasteiger partial charge in [-0.1, -0.05) is 42.5 Å². The molecule has 6 nitrogen and oxygen atoms in total. The predicted molar refractivity (Wildman–Crippen MR) is 135 cm³/mol. The van der Waals surface area contributed by atoms with E-state index < -0.39 is 0 Å². The van der Waals surface area contributed by atoms with Crippen LogP contribution in [0.4, 0.5) is 5.69 Å². The van der Waals surface area contributed by atoms with E-state index in [1.165, 1.54) is 0 Å². The van der Waals surface area contributed by atoms with Crippen molar-refractivity contribution in [1.29, 1.82) is 0 Å². The molecule has 0 radical (unpaired) electrons. The van der Waals surface area contributed by atoms with Crippen LogP contribution in [0.2, 0.25) is 0 Å². The summed E-state index contributed by atoms with van der Waals surface area (Å²) in [5.41, 5.74) is 2.61. The SMILES string of the molecule is CC(C)Oc1ccccc1C(=O)NC(=S)Nc1ccc(C(=O)NC(C)c2ccccc2)cc1. The van der Waals surface area contributed by atoms with Crippen molar-refractivity contribution in [2.45, 2.75) is 32.9 Å². The Hall–Kier alpha value is -3.71. The zero-order valence-electron chi connectivity index (χ0n) is 18.8. The first-order valence-corrected chi connectivity index (χ1v) is 11.1. The number of carbonyl (C=O) groups is 2. The van der Waals surface area contributed by atoms with Crippen molar-refractivity contribution in [1.82, 2.24) is 10.6 Å². The third-order valence-electron chi connectivity index (χ3n) is 4.77. The van der Waals surface area contributed by atoms with Crippen molar-refractivity contribution in [3.8, 4) is 5.75 Å². The summed E-state index contributed by atoms with van der Waals surface area (Å²) in [7, 11) is 0. The monoisotopic (exact) mass is 461 g/mol. The van der Waals surface area contributed by atoms with E-state index in [0.717, 1.165) is 5.56 Å². The molecule has 3 aromatic carbocycles. The number of ether oxygens (including phenoxy) is 1. The molecule has 3 aromatic rings. The minimum Gasteiger partial charge on any atom is -0.490 e. The molecule has 0 bridgehead atoms. The van der Waals surface area contributed by atoms with Gasteiger partial charge in [0.25, 0.3) is 11.8 Å². The molecule has 7 heteroatoms. The van der Waals surface area contributed by atoms with Gasteiger partial charge in [-0.15, -0.1) is 0 Å². The van der Waals surface area contributed by atoms with Gasteiger partial charge in [0.15, 0.2) is 5.11 Å². The van der Waals surface area contributed by atoms with Crippen LogP contribution < -0.4 is 20.7 Å². The number of hydrogen-bond donors (Lipinski definition) is 3. The summed E-state index contributed by atoms with van der Waals surface area (Å²) in [6.07, 6.45) is -0.0598. The first kappa shape index (κ1) is 23.9. The second-order valence-electron chi connectivity index (χ2n) is 7.75. The quantitative estimate of drug-likeness (QED) is 0.427. The molecule has 1 unspecified atom stereocenters. The molecule has 0 fully saturated rings. The Bertz CT molecular complexity index is 1120. The number of benzene rings is 3. The van der Waals surface area contributed by atoms with E-state index in [-0.39, 0.29) is 29.1 Å². The largest absolute Gasteiger partial charge is 0.490 e. The number of nitrogens with one attached hydrogen (secondary N) is 3. The van der Waals surface area contributed by atoms with Crippen LogP contribution in [0.1, 0.15) is 53.1 Å². The lowest BCUT2D eigenvalue weighted by molar-refractivity contribution is 0.0937. The highest BCUT2D eigenvalue weighted by Crippen LogP contribution is 2.19. The average Bonchev–Trinajstić information content (AvgIpc) is 2.80. The van der Waals surface area contributed by atoms with Crippen LogP contribution in [0, 0.1) is 0 Å². The molecule has 0 spiro atoms. The first-order chi connectivity index (χ1) is 15.8. The molecular weight excluding hydrogens is 434 g/mol. The number of para-hydroxylation sites is 1. The number of thiocarbonyl (C=S) groups is 1. The molecule has 0 aromatic heterocycles. The smallest absolute Gasteiger partial charge is 0.261 e. The highest BCUT2D eigenvalue weighted by atomic mass is 32.1. The van der Waals surface area contributed by atoms with Crippen molar-refractivity contribution in [3.63, 3.8) is 0 Å². The minimum atomic E-state index is -0.366. The van der Waals surface area contributed by atoms with Crippen LogP contribution >= 0.6 is 12.2 Å². The summed E-state index contributed by atoms with van der Waals surface area (Å²) in [5, 5.41) is 8.75. The van der Waals surface area contributed by atoms with E-state index in [1.54, 1.807) is 42.5 Å². The Kier molecular flexibility index (Phi) is 8.16. The number of hydrogen-bond acceptors (Lipinski definition) is 4. The maximum absolute atomic E-state index is 12.6. The van der Waals surface area contributed by atoms with Gasteiger partial charge in [0, 0.05) is 11.3 Å². The summed E-state index contributed by atoms with van der Waals surface area (Å²) >= 11 is 5.28. The topological polar surface area (TPSA) is 79.5 Å². The summed E-state index contributed by atoms with van der Waals surface area (Å²) < 4.78 is 5.70. The highest BCUT2D eigenvalue weighted by molar-refractivity contribution is 7.80. The Morgan fingerprint density at radius 3 is 2.12 bits per heavy atom. The van der Waals surface area contributed by atoms with E-state index in [2.05, 4.69) is 16.0 Å². The summed E-state index contributed by atoms with van der Waals surface area (Å²) in [6, 6.07) is 23.5. The summed E-state index contributed by atoms with van der Waals surface area (Å²) in [6.45, 7) is 5.73. The van der Waals surface area contributed by atoms with Gasteiger partial charge in [0.1, 0.15) is 5.75 Å². The maximum Gasteiger partial charge on any atom is 0.261 e. The van der Waals surface area contributed by atoms with Gasteiger partial charge >= 0.3 is 0 Å². The van der Waals surface area contributed by atoms with E-state index in [1.807, 2.05) is 57.2 Å². The van der Waals surface area contributed by atoms with Crippen molar-refractivity contribution >= 4 is 34.8 Å². The number of anilines is 1. The van der Waals surface area contributed by atoms with Gasteiger partial charge in [-0.05, 0) is 75.0 Å². The molecule has 0 aliphatic heterocycles. The molecule has 33 heavy (non-hydrogen) atoms. The predicted octanol–water partition coefficient (Wildman–Crippen LogP) is 5.09. The van der Waals surface area contributed by atoms with Crippen molar-refractivity contribution in [2.75, 3.05) is 5.32 Å². The summed E-state index contributed by atoms with van der Waals surface area (Å²) in [5.74, 6) is -0.0434. The van der Waals surface area contributed by atoms with E-state index in [0.29, 0.717) is 22.6 Å². The molecule has 3 N–H and O–H groups in total. The highest BCUT2D eigenvalue weighted by Gasteiger charge is 2.15. The van der Waals surface area contributed by atoms with Crippen molar-refractivity contribution in [3.05, 3.63) is 95.6 Å². The minimum absolute atomic E-state index is 0.0598. The van der Waals surface area contributed by atoms with Gasteiger partial charge in [0.2, 0.25) is 0 Å². The standard InChI is InChI=1S/C26H27N3O3S/c1-17(2)32-23-12-8-7-11-22(23)25(31)29-26(33)28-21-15-13-20(14-16-21)24(30)27-18(3)19-9-5-4-6-10-19/h4-18H,1-3H3,(H,27,30)(H2,28,29,31,33). The average molecular weight is 462 g/mol. The molecule has 170 valence electrons. The zero-order valence-corrected chi connectivity index (χ0v) is 19.6. The molecule has 0 aliphatic carbocycles. The van der Waals surface area contributed by atoms with Gasteiger partial charge < -0.3 is 15.4 Å². The number of amides is 2. The number of carbonyl (C=O) groups excluding carboxylic acids is 2. The molecule has 2 amide bonds. The Morgan fingerprint density at radius 1 is 0.818 bits per heavy atom. The van der Waals surface area contributed by atoms with Crippen molar-refractivity contribution in [2.24, 2.45) is 0 Å². The fourth-order valence-corrected chi connectivity index (χ4v) is 3.36. The van der Waals surface area contributed by atoms with Crippen LogP contribution in [0.25, 0.3) is 0 Å². The molecule has 0 saturated heterocycles. The third kappa shape index (κ3) is 6.89. The van der Waals surface area contributed by atoms with Crippen LogP contribution in [-0.4, -0.2) is 23.0 Å². The molecule has 3 rings (SSSR count). The van der Waals surface area contributed by atoms with Crippen LogP contribution in [0.15, 0.2) is 78.9 Å². The van der Waals surface area contributed by atoms with Crippen molar-refractivity contribution < 1.29 is 14.3 Å². The van der Waals surface area contributed by atoms with Gasteiger partial charge in [0.05, 0.1) is 17.7 Å². The Labute approximate surface area is 199 Å². The van der Waals surface area contributed by atoms with Crippen LogP contribution in [0.3, 0.4) is 0 Å². The van der Waals surface area contributed by atoms with Gasteiger partial charge in [-0.25, -0.2) is 0 Å². The Morgan fingerprint density at radius 2 is 1.45 bits per heavy atom. The zero-order chi connectivity index (χ0) is 23.8. The second kappa shape index (κ2) is 11.2. The first-order valence-electron chi connectivity index (χ1n) is 10.7. The third-order valence-corrected chi connectivity index (χ3v) is 4.98. The van der Waals surface area contributed by atoms with Gasteiger partial charge in [-0.2, -0.15) is 0 Å². The lowest BCUT2D eigenvalue weighted by atomic mass is 10.1. The fourth-order valence-electron chi connectivity index (χ4n) is 3.15. The lowest BCUT2D eigenvalue weighted by Crippen LogP contribution is -2.34. The van der Waals surface area contributed by atoms with E-state index >= 15 is 0 Å². The normalized spacial score (nSPS) is 11.4. The maximum atomic E-state index is 12.6. The molecule has 0 aliphatic rings. The van der Waals surface area contributed by atoms with E-state index in [4.69, 9.17) is 17.0 Å². The molecule has 0 heterocycles. The lowest BCUT2D eigenvalue weighted by Gasteiger charge is -2.15. The summed E-state index contributed by atoms with van der Waals surface area (Å²) in [4.78, 5) is 25.2. The second-order valence-corrected chi connectivity index (χ2v) is 8.16. The van der Waals surface area contributed by atoms with Crippen LogP contribution in [-0.2, 0) is 0 Å². The van der Waals surface area contributed by atoms with E-state index in [9.17, 15) is 9.59 Å². The number of rotatable bonds is 7. The van der Waals surface area contributed by atoms with Crippen LogP contribution in [0.5, 0.6) is 5.75 Å². The molecule has 1 atom stereocenters. The molecule has 0 saturated carbocycles. The van der Waals surface area contributed by atoms with Gasteiger partial charge in [-0.3, -0.25) is 14.9 Å².